The number of aromatic nitrogens is 3. The summed E-state index contributed by atoms with van der Waals surface area (Å²) in [6.45, 7) is 4.38. The summed E-state index contributed by atoms with van der Waals surface area (Å²) in [6.07, 6.45) is -2.20. The van der Waals surface area contributed by atoms with E-state index in [-0.39, 0.29) is 0 Å². The molecule has 0 saturated heterocycles. The van der Waals surface area contributed by atoms with Gasteiger partial charge in [0, 0.05) is 25.0 Å². The SMILES string of the molecule is CCCC(CBr)CN1CCn2c(nnc2C(F)(F)F)C1. The van der Waals surface area contributed by atoms with Crippen LogP contribution in [0.15, 0.2) is 0 Å². The molecule has 4 nitrogen and oxygen atoms in total. The maximum atomic E-state index is 12.7. The summed E-state index contributed by atoms with van der Waals surface area (Å²) in [7, 11) is 0. The summed E-state index contributed by atoms with van der Waals surface area (Å²) in [5.41, 5.74) is 0. The van der Waals surface area contributed by atoms with Crippen LogP contribution < -0.4 is 0 Å². The average molecular weight is 355 g/mol. The summed E-state index contributed by atoms with van der Waals surface area (Å²) in [4.78, 5) is 2.16. The van der Waals surface area contributed by atoms with Crippen molar-refractivity contribution in [3.8, 4) is 0 Å². The molecule has 0 amide bonds. The normalized spacial score (nSPS) is 18.1. The van der Waals surface area contributed by atoms with Gasteiger partial charge in [0.1, 0.15) is 5.82 Å². The van der Waals surface area contributed by atoms with Crippen molar-refractivity contribution < 1.29 is 13.2 Å². The third kappa shape index (κ3) is 3.52. The molecule has 2 heterocycles. The molecule has 0 aromatic carbocycles. The third-order valence-electron chi connectivity index (χ3n) is 3.52. The minimum absolute atomic E-state index is 0.304. The second-order valence-electron chi connectivity index (χ2n) is 5.13. The van der Waals surface area contributed by atoms with Crippen LogP contribution in [0, 0.1) is 5.92 Å². The Kier molecular flexibility index (Phi) is 5.06. The van der Waals surface area contributed by atoms with E-state index in [1.807, 2.05) is 0 Å². The molecule has 1 unspecified atom stereocenters. The Hall–Kier alpha value is -0.630. The van der Waals surface area contributed by atoms with Crippen molar-refractivity contribution in [2.45, 2.75) is 39.0 Å². The van der Waals surface area contributed by atoms with E-state index in [9.17, 15) is 13.2 Å². The fourth-order valence-corrected chi connectivity index (χ4v) is 3.09. The highest BCUT2D eigenvalue weighted by Gasteiger charge is 2.39. The average Bonchev–Trinajstić information content (AvgIpc) is 2.81. The van der Waals surface area contributed by atoms with Crippen molar-refractivity contribution in [3.05, 3.63) is 11.6 Å². The lowest BCUT2D eigenvalue weighted by Crippen LogP contribution is -2.38. The smallest absolute Gasteiger partial charge is 0.305 e. The van der Waals surface area contributed by atoms with E-state index in [2.05, 4.69) is 38.0 Å². The summed E-state index contributed by atoms with van der Waals surface area (Å²) in [6, 6.07) is 0. The molecule has 0 fully saturated rings. The molecule has 0 bridgehead atoms. The predicted octanol–water partition coefficient (Wildman–Crippen LogP) is 2.92. The van der Waals surface area contributed by atoms with Crippen molar-refractivity contribution in [1.82, 2.24) is 19.7 Å². The second kappa shape index (κ2) is 6.43. The van der Waals surface area contributed by atoms with E-state index in [0.717, 1.165) is 24.7 Å². The van der Waals surface area contributed by atoms with Gasteiger partial charge in [-0.3, -0.25) is 4.90 Å². The van der Waals surface area contributed by atoms with Gasteiger partial charge in [0.25, 0.3) is 0 Å². The third-order valence-corrected chi connectivity index (χ3v) is 4.43. The van der Waals surface area contributed by atoms with Gasteiger partial charge in [-0.05, 0) is 12.3 Å². The number of nitrogens with zero attached hydrogens (tertiary/aromatic N) is 4. The van der Waals surface area contributed by atoms with Crippen molar-refractivity contribution in [2.75, 3.05) is 18.4 Å². The number of rotatable bonds is 5. The van der Waals surface area contributed by atoms with Crippen LogP contribution in [-0.2, 0) is 19.3 Å². The summed E-state index contributed by atoms with van der Waals surface area (Å²) in [5.74, 6) is 0.0581. The van der Waals surface area contributed by atoms with Crippen LogP contribution in [0.25, 0.3) is 0 Å². The topological polar surface area (TPSA) is 34.0 Å². The summed E-state index contributed by atoms with van der Waals surface area (Å²) >= 11 is 3.50. The van der Waals surface area contributed by atoms with Gasteiger partial charge in [0.2, 0.25) is 5.82 Å². The van der Waals surface area contributed by atoms with Crippen LogP contribution >= 0.6 is 15.9 Å². The standard InChI is InChI=1S/C12H18BrF3N4/c1-2-3-9(6-13)7-19-4-5-20-10(8-19)17-18-11(20)12(14,15)16/h9H,2-8H2,1H3. The van der Waals surface area contributed by atoms with Gasteiger partial charge in [-0.1, -0.05) is 29.3 Å². The maximum Gasteiger partial charge on any atom is 0.451 e. The first-order chi connectivity index (χ1) is 9.45. The highest BCUT2D eigenvalue weighted by Crippen LogP contribution is 2.29. The van der Waals surface area contributed by atoms with Gasteiger partial charge in [0.15, 0.2) is 0 Å². The first-order valence-corrected chi connectivity index (χ1v) is 7.85. The molecule has 2 rings (SSSR count). The number of fused-ring (bicyclic) bond motifs is 1. The Bertz CT molecular complexity index is 446. The Morgan fingerprint density at radius 1 is 1.30 bits per heavy atom. The lowest BCUT2D eigenvalue weighted by molar-refractivity contribution is -0.148. The number of hydrogen-bond acceptors (Lipinski definition) is 3. The fourth-order valence-electron chi connectivity index (χ4n) is 2.56. The zero-order valence-corrected chi connectivity index (χ0v) is 12.9. The van der Waals surface area contributed by atoms with E-state index >= 15 is 0 Å². The molecule has 0 aliphatic carbocycles. The molecule has 20 heavy (non-hydrogen) atoms. The van der Waals surface area contributed by atoms with Crippen molar-refractivity contribution >= 4 is 15.9 Å². The van der Waals surface area contributed by atoms with Crippen molar-refractivity contribution in [3.63, 3.8) is 0 Å². The largest absolute Gasteiger partial charge is 0.451 e. The minimum Gasteiger partial charge on any atom is -0.305 e. The van der Waals surface area contributed by atoms with E-state index in [1.54, 1.807) is 0 Å². The van der Waals surface area contributed by atoms with E-state index in [4.69, 9.17) is 0 Å². The van der Waals surface area contributed by atoms with Crippen LogP contribution in [0.2, 0.25) is 0 Å². The van der Waals surface area contributed by atoms with Crippen LogP contribution in [0.3, 0.4) is 0 Å². The van der Waals surface area contributed by atoms with Gasteiger partial charge in [-0.2, -0.15) is 13.2 Å². The molecular weight excluding hydrogens is 337 g/mol. The van der Waals surface area contributed by atoms with Crippen LogP contribution in [0.1, 0.15) is 31.4 Å². The van der Waals surface area contributed by atoms with Crippen molar-refractivity contribution in [2.24, 2.45) is 5.92 Å². The van der Waals surface area contributed by atoms with E-state index in [0.29, 0.717) is 31.4 Å². The van der Waals surface area contributed by atoms with Gasteiger partial charge >= 0.3 is 6.18 Å². The molecular formula is C12H18BrF3N4. The number of halogens is 4. The second-order valence-corrected chi connectivity index (χ2v) is 5.78. The first-order valence-electron chi connectivity index (χ1n) is 6.73. The predicted molar refractivity (Wildman–Crippen MR) is 72.5 cm³/mol. The van der Waals surface area contributed by atoms with E-state index in [1.165, 1.54) is 4.57 Å². The number of alkyl halides is 4. The molecule has 1 aliphatic rings. The van der Waals surface area contributed by atoms with Crippen LogP contribution in [-0.4, -0.2) is 38.1 Å². The fraction of sp³-hybridized carbons (Fsp3) is 0.833. The highest BCUT2D eigenvalue weighted by molar-refractivity contribution is 9.09. The molecule has 114 valence electrons. The van der Waals surface area contributed by atoms with Gasteiger partial charge in [0.05, 0.1) is 6.54 Å². The molecule has 0 saturated carbocycles. The monoisotopic (exact) mass is 354 g/mol. The van der Waals surface area contributed by atoms with E-state index < -0.39 is 12.0 Å². The van der Waals surface area contributed by atoms with Gasteiger partial charge in [-0.25, -0.2) is 0 Å². The Labute approximate surface area is 124 Å². The molecule has 8 heteroatoms. The Morgan fingerprint density at radius 2 is 2.05 bits per heavy atom. The lowest BCUT2D eigenvalue weighted by Gasteiger charge is -2.30. The Balaban J connectivity index is 2.03. The molecule has 1 aromatic heterocycles. The first kappa shape index (κ1) is 15.8. The van der Waals surface area contributed by atoms with Crippen LogP contribution in [0.5, 0.6) is 0 Å². The molecule has 1 aromatic rings. The Morgan fingerprint density at radius 3 is 2.65 bits per heavy atom. The summed E-state index contributed by atoms with van der Waals surface area (Å²) in [5, 5.41) is 7.90. The highest BCUT2D eigenvalue weighted by atomic mass is 79.9. The molecule has 0 spiro atoms. The van der Waals surface area contributed by atoms with Crippen molar-refractivity contribution in [1.29, 1.82) is 0 Å². The minimum atomic E-state index is -4.42. The molecule has 0 radical (unpaired) electrons. The quantitative estimate of drug-likeness (QED) is 0.762. The summed E-state index contributed by atoms with van der Waals surface area (Å²) < 4.78 is 39.4. The maximum absolute atomic E-state index is 12.7. The molecule has 1 atom stereocenters. The lowest BCUT2D eigenvalue weighted by atomic mass is 10.1. The van der Waals surface area contributed by atoms with Gasteiger partial charge in [-0.15, -0.1) is 10.2 Å². The van der Waals surface area contributed by atoms with Crippen LogP contribution in [0.4, 0.5) is 13.2 Å². The molecule has 1 aliphatic heterocycles. The molecule has 0 N–H and O–H groups in total. The van der Waals surface area contributed by atoms with Gasteiger partial charge < -0.3 is 4.57 Å². The zero-order valence-electron chi connectivity index (χ0n) is 11.3. The number of hydrogen-bond donors (Lipinski definition) is 0. The zero-order chi connectivity index (χ0) is 14.8.